The van der Waals surface area contributed by atoms with Crippen LogP contribution in [0.15, 0.2) is 6.33 Å². The van der Waals surface area contributed by atoms with Crippen molar-refractivity contribution in [3.8, 4) is 0 Å². The Labute approximate surface area is 67.1 Å². The summed E-state index contributed by atoms with van der Waals surface area (Å²) in [7, 11) is 0. The number of thiazole rings is 1. The van der Waals surface area contributed by atoms with Crippen LogP contribution in [0.5, 0.6) is 0 Å². The Balaban J connectivity index is 2.90. The zero-order valence-corrected chi connectivity index (χ0v) is 6.72. The van der Waals surface area contributed by atoms with Crippen LogP contribution in [0.2, 0.25) is 0 Å². The molecular weight excluding hydrogens is 160 g/mol. The van der Waals surface area contributed by atoms with Crippen LogP contribution in [0, 0.1) is 6.92 Å². The number of nitrogens with zero attached hydrogens (tertiary/aromatic N) is 3. The standard InChI is InChI=1S/C6H6N4S/c1-3-10-6-4(11-3)5(7)8-2-9-6/h2H,1H3,(H2,7,8,9). The number of aromatic nitrogens is 3. The molecule has 4 nitrogen and oxygen atoms in total. The van der Waals surface area contributed by atoms with Crippen LogP contribution in [-0.4, -0.2) is 15.0 Å². The van der Waals surface area contributed by atoms with Crippen molar-refractivity contribution in [3.63, 3.8) is 0 Å². The Morgan fingerprint density at radius 1 is 1.45 bits per heavy atom. The van der Waals surface area contributed by atoms with Gasteiger partial charge in [-0.2, -0.15) is 0 Å². The first-order valence-electron chi connectivity index (χ1n) is 3.11. The van der Waals surface area contributed by atoms with Gasteiger partial charge in [0.15, 0.2) is 5.65 Å². The quantitative estimate of drug-likeness (QED) is 0.633. The summed E-state index contributed by atoms with van der Waals surface area (Å²) < 4.78 is 0.880. The number of rotatable bonds is 0. The van der Waals surface area contributed by atoms with E-state index in [1.54, 1.807) is 0 Å². The summed E-state index contributed by atoms with van der Waals surface area (Å²) in [6, 6.07) is 0. The van der Waals surface area contributed by atoms with Crippen molar-refractivity contribution in [2.45, 2.75) is 6.92 Å². The van der Waals surface area contributed by atoms with Gasteiger partial charge < -0.3 is 5.73 Å². The Kier molecular flexibility index (Phi) is 1.25. The first-order valence-corrected chi connectivity index (χ1v) is 3.92. The van der Waals surface area contributed by atoms with Gasteiger partial charge in [0.05, 0.1) is 5.01 Å². The second-order valence-electron chi connectivity index (χ2n) is 2.14. The number of aryl methyl sites for hydroxylation is 1. The van der Waals surface area contributed by atoms with E-state index in [4.69, 9.17) is 5.73 Å². The van der Waals surface area contributed by atoms with Crippen LogP contribution in [-0.2, 0) is 0 Å². The van der Waals surface area contributed by atoms with Crippen molar-refractivity contribution in [2.75, 3.05) is 5.73 Å². The minimum Gasteiger partial charge on any atom is -0.382 e. The summed E-state index contributed by atoms with van der Waals surface area (Å²) in [5.74, 6) is 0.514. The van der Waals surface area contributed by atoms with Gasteiger partial charge in [-0.1, -0.05) is 0 Å². The molecular formula is C6H6N4S. The molecule has 2 aromatic rings. The molecule has 2 heterocycles. The van der Waals surface area contributed by atoms with E-state index >= 15 is 0 Å². The van der Waals surface area contributed by atoms with Crippen LogP contribution in [0.25, 0.3) is 10.3 Å². The largest absolute Gasteiger partial charge is 0.382 e. The molecule has 0 saturated carbocycles. The van der Waals surface area contributed by atoms with Crippen LogP contribution >= 0.6 is 11.3 Å². The molecule has 0 radical (unpaired) electrons. The molecule has 56 valence electrons. The zero-order chi connectivity index (χ0) is 7.84. The van der Waals surface area contributed by atoms with Gasteiger partial charge in [-0.15, -0.1) is 11.3 Å². The van der Waals surface area contributed by atoms with Crippen molar-refractivity contribution < 1.29 is 0 Å². The maximum atomic E-state index is 5.59. The normalized spacial score (nSPS) is 10.6. The molecule has 11 heavy (non-hydrogen) atoms. The fourth-order valence-electron chi connectivity index (χ4n) is 0.875. The van der Waals surface area contributed by atoms with Crippen molar-refractivity contribution in [3.05, 3.63) is 11.3 Å². The molecule has 5 heteroatoms. The number of nitrogen functional groups attached to an aromatic ring is 1. The van der Waals surface area contributed by atoms with E-state index in [1.165, 1.54) is 17.7 Å². The fraction of sp³-hybridized carbons (Fsp3) is 0.167. The molecule has 0 aliphatic heterocycles. The van der Waals surface area contributed by atoms with Gasteiger partial charge >= 0.3 is 0 Å². The summed E-state index contributed by atoms with van der Waals surface area (Å²) in [6.07, 6.45) is 1.43. The summed E-state index contributed by atoms with van der Waals surface area (Å²) >= 11 is 1.52. The molecule has 0 saturated heterocycles. The Bertz CT molecular complexity index is 394. The fourth-order valence-corrected chi connectivity index (χ4v) is 1.65. The molecule has 0 amide bonds. The molecule has 0 aliphatic carbocycles. The third-order valence-electron chi connectivity index (χ3n) is 1.33. The maximum absolute atomic E-state index is 5.59. The van der Waals surface area contributed by atoms with E-state index < -0.39 is 0 Å². The lowest BCUT2D eigenvalue weighted by atomic mass is 10.6. The first-order chi connectivity index (χ1) is 5.27. The molecule has 0 spiro atoms. The SMILES string of the molecule is Cc1nc2ncnc(N)c2s1. The summed E-state index contributed by atoms with van der Waals surface area (Å²) in [4.78, 5) is 12.0. The lowest BCUT2D eigenvalue weighted by molar-refractivity contribution is 1.19. The van der Waals surface area contributed by atoms with Gasteiger partial charge in [-0.25, -0.2) is 15.0 Å². The summed E-state index contributed by atoms with van der Waals surface area (Å²) in [6.45, 7) is 1.92. The van der Waals surface area contributed by atoms with E-state index in [2.05, 4.69) is 15.0 Å². The van der Waals surface area contributed by atoms with Crippen LogP contribution in [0.3, 0.4) is 0 Å². The lowest BCUT2D eigenvalue weighted by Gasteiger charge is -1.88. The summed E-state index contributed by atoms with van der Waals surface area (Å²) in [5.41, 5.74) is 6.28. The smallest absolute Gasteiger partial charge is 0.175 e. The number of anilines is 1. The predicted molar refractivity (Wildman–Crippen MR) is 44.4 cm³/mol. The number of fused-ring (bicyclic) bond motifs is 1. The van der Waals surface area contributed by atoms with Crippen molar-refractivity contribution in [1.82, 2.24) is 15.0 Å². The zero-order valence-electron chi connectivity index (χ0n) is 5.90. The molecule has 0 aromatic carbocycles. The molecule has 0 aliphatic rings. The molecule has 0 atom stereocenters. The van der Waals surface area contributed by atoms with E-state index in [1.807, 2.05) is 6.92 Å². The average molecular weight is 166 g/mol. The molecule has 2 N–H and O–H groups in total. The highest BCUT2D eigenvalue weighted by molar-refractivity contribution is 7.19. The second-order valence-corrected chi connectivity index (χ2v) is 3.35. The Morgan fingerprint density at radius 3 is 3.00 bits per heavy atom. The molecule has 2 aromatic heterocycles. The highest BCUT2D eigenvalue weighted by Gasteiger charge is 2.03. The number of hydrogen-bond donors (Lipinski definition) is 1. The molecule has 0 fully saturated rings. The van der Waals surface area contributed by atoms with Gasteiger partial charge in [0.1, 0.15) is 16.8 Å². The van der Waals surface area contributed by atoms with Crippen LogP contribution < -0.4 is 5.73 Å². The average Bonchev–Trinajstić information content (AvgIpc) is 2.31. The van der Waals surface area contributed by atoms with Crippen molar-refractivity contribution in [1.29, 1.82) is 0 Å². The third-order valence-corrected chi connectivity index (χ3v) is 2.31. The predicted octanol–water partition coefficient (Wildman–Crippen LogP) is 0.977. The third kappa shape index (κ3) is 0.932. The number of nitrogens with two attached hydrogens (primary N) is 1. The first kappa shape index (κ1) is 6.48. The topological polar surface area (TPSA) is 64.7 Å². The molecule has 0 unspecified atom stereocenters. The van der Waals surface area contributed by atoms with Gasteiger partial charge in [-0.05, 0) is 6.92 Å². The van der Waals surface area contributed by atoms with Crippen LogP contribution in [0.1, 0.15) is 5.01 Å². The van der Waals surface area contributed by atoms with E-state index in [0.717, 1.165) is 9.71 Å². The van der Waals surface area contributed by atoms with Crippen molar-refractivity contribution >= 4 is 27.5 Å². The Morgan fingerprint density at radius 2 is 2.27 bits per heavy atom. The van der Waals surface area contributed by atoms with Gasteiger partial charge in [0.25, 0.3) is 0 Å². The highest BCUT2D eigenvalue weighted by Crippen LogP contribution is 2.22. The van der Waals surface area contributed by atoms with Crippen molar-refractivity contribution in [2.24, 2.45) is 0 Å². The highest BCUT2D eigenvalue weighted by atomic mass is 32.1. The van der Waals surface area contributed by atoms with Crippen LogP contribution in [0.4, 0.5) is 5.82 Å². The Hall–Kier alpha value is -1.23. The van der Waals surface area contributed by atoms with E-state index in [9.17, 15) is 0 Å². The molecule has 0 bridgehead atoms. The van der Waals surface area contributed by atoms with E-state index in [0.29, 0.717) is 11.5 Å². The summed E-state index contributed by atoms with van der Waals surface area (Å²) in [5, 5.41) is 0.965. The maximum Gasteiger partial charge on any atom is 0.175 e. The molecule has 2 rings (SSSR count). The second kappa shape index (κ2) is 2.13. The van der Waals surface area contributed by atoms with Gasteiger partial charge in [0.2, 0.25) is 0 Å². The minimum atomic E-state index is 0.514. The van der Waals surface area contributed by atoms with Gasteiger partial charge in [0, 0.05) is 0 Å². The van der Waals surface area contributed by atoms with E-state index in [-0.39, 0.29) is 0 Å². The van der Waals surface area contributed by atoms with Gasteiger partial charge in [-0.3, -0.25) is 0 Å². The minimum absolute atomic E-state index is 0.514. The number of hydrogen-bond acceptors (Lipinski definition) is 5. The lowest BCUT2D eigenvalue weighted by Crippen LogP contribution is -1.90. The monoisotopic (exact) mass is 166 g/mol.